The average molecular weight is 288 g/mol. The molecule has 1 unspecified atom stereocenters. The van der Waals surface area contributed by atoms with E-state index in [1.165, 1.54) is 6.42 Å². The molecule has 0 saturated heterocycles. The maximum absolute atomic E-state index is 12.3. The number of esters is 1. The molecule has 1 aliphatic rings. The molecule has 1 fully saturated rings. The standard InChI is InChI=1S/C18H24O3/c1-12-9-10-16(11-13(12)2)17(19)14(3)21-18(20)15-7-5-4-6-8-15/h9-11,14-15H,4-8H2,1-3H3. The summed E-state index contributed by atoms with van der Waals surface area (Å²) in [5.41, 5.74) is 2.84. The molecule has 0 bridgehead atoms. The van der Waals surface area contributed by atoms with Gasteiger partial charge in [-0.25, -0.2) is 0 Å². The van der Waals surface area contributed by atoms with Gasteiger partial charge in [0.05, 0.1) is 5.92 Å². The monoisotopic (exact) mass is 288 g/mol. The summed E-state index contributed by atoms with van der Waals surface area (Å²) in [5.74, 6) is -0.351. The van der Waals surface area contributed by atoms with Gasteiger partial charge in [-0.3, -0.25) is 9.59 Å². The molecule has 1 aromatic rings. The predicted octanol–water partition coefficient (Wildman–Crippen LogP) is 4.00. The van der Waals surface area contributed by atoms with Crippen LogP contribution in [0, 0.1) is 19.8 Å². The highest BCUT2D eigenvalue weighted by molar-refractivity contribution is 6.00. The molecular weight excluding hydrogens is 264 g/mol. The predicted molar refractivity (Wildman–Crippen MR) is 82.4 cm³/mol. The molecule has 1 atom stereocenters. The fourth-order valence-corrected chi connectivity index (χ4v) is 2.79. The molecule has 114 valence electrons. The Morgan fingerprint density at radius 1 is 1.10 bits per heavy atom. The van der Waals surface area contributed by atoms with Gasteiger partial charge in [-0.1, -0.05) is 31.4 Å². The van der Waals surface area contributed by atoms with Gasteiger partial charge in [0.2, 0.25) is 5.78 Å². The minimum absolute atomic E-state index is 0.0197. The lowest BCUT2D eigenvalue weighted by Gasteiger charge is -2.22. The van der Waals surface area contributed by atoms with Gasteiger partial charge in [0.25, 0.3) is 0 Å². The molecule has 3 nitrogen and oxygen atoms in total. The number of Topliss-reactive ketones (excluding diaryl/α,β-unsaturated/α-hetero) is 1. The van der Waals surface area contributed by atoms with Crippen LogP contribution in [0.25, 0.3) is 0 Å². The molecular formula is C18H24O3. The van der Waals surface area contributed by atoms with Crippen LogP contribution >= 0.6 is 0 Å². The average Bonchev–Trinajstić information content (AvgIpc) is 2.50. The quantitative estimate of drug-likeness (QED) is 0.621. The van der Waals surface area contributed by atoms with Crippen molar-refractivity contribution in [2.45, 2.75) is 59.0 Å². The Morgan fingerprint density at radius 2 is 1.76 bits per heavy atom. The van der Waals surface area contributed by atoms with Crippen LogP contribution in [0.4, 0.5) is 0 Å². The first kappa shape index (κ1) is 15.7. The van der Waals surface area contributed by atoms with Gasteiger partial charge >= 0.3 is 5.97 Å². The summed E-state index contributed by atoms with van der Waals surface area (Å²) >= 11 is 0. The van der Waals surface area contributed by atoms with Gasteiger partial charge in [-0.05, 0) is 50.8 Å². The second-order valence-corrected chi connectivity index (χ2v) is 6.08. The molecule has 0 radical (unpaired) electrons. The third-order valence-corrected chi connectivity index (χ3v) is 4.39. The van der Waals surface area contributed by atoms with Crippen LogP contribution in [0.3, 0.4) is 0 Å². The van der Waals surface area contributed by atoms with E-state index in [0.29, 0.717) is 5.56 Å². The maximum atomic E-state index is 12.3. The highest BCUT2D eigenvalue weighted by Crippen LogP contribution is 2.25. The number of rotatable bonds is 4. The summed E-state index contributed by atoms with van der Waals surface area (Å²) in [6.07, 6.45) is 4.44. The van der Waals surface area contributed by atoms with Crippen molar-refractivity contribution in [3.8, 4) is 0 Å². The Labute approximate surface area is 126 Å². The SMILES string of the molecule is Cc1ccc(C(=O)C(C)OC(=O)C2CCCCC2)cc1C. The first-order valence-electron chi connectivity index (χ1n) is 7.81. The highest BCUT2D eigenvalue weighted by atomic mass is 16.5. The van der Waals surface area contributed by atoms with Gasteiger partial charge in [-0.2, -0.15) is 0 Å². The minimum Gasteiger partial charge on any atom is -0.454 e. The lowest BCUT2D eigenvalue weighted by molar-refractivity contribution is -0.152. The molecule has 2 rings (SSSR count). The lowest BCUT2D eigenvalue weighted by atomic mass is 9.89. The fourth-order valence-electron chi connectivity index (χ4n) is 2.79. The van der Waals surface area contributed by atoms with E-state index in [1.54, 1.807) is 13.0 Å². The second kappa shape index (κ2) is 6.88. The van der Waals surface area contributed by atoms with E-state index in [-0.39, 0.29) is 17.7 Å². The molecule has 1 aliphatic carbocycles. The number of ketones is 1. The summed E-state index contributed by atoms with van der Waals surface area (Å²) in [5, 5.41) is 0. The summed E-state index contributed by atoms with van der Waals surface area (Å²) in [7, 11) is 0. The molecule has 0 amide bonds. The molecule has 0 N–H and O–H groups in total. The second-order valence-electron chi connectivity index (χ2n) is 6.08. The molecule has 1 saturated carbocycles. The Bertz CT molecular complexity index is 527. The van der Waals surface area contributed by atoms with E-state index < -0.39 is 6.10 Å². The molecule has 21 heavy (non-hydrogen) atoms. The fraction of sp³-hybridized carbons (Fsp3) is 0.556. The van der Waals surface area contributed by atoms with Gasteiger partial charge in [-0.15, -0.1) is 0 Å². The summed E-state index contributed by atoms with van der Waals surface area (Å²) in [6, 6.07) is 5.59. The number of carbonyl (C=O) groups excluding carboxylic acids is 2. The number of benzene rings is 1. The molecule has 1 aromatic carbocycles. The topological polar surface area (TPSA) is 43.4 Å². The normalized spacial score (nSPS) is 17.3. The first-order chi connectivity index (χ1) is 9.99. The Morgan fingerprint density at radius 3 is 2.38 bits per heavy atom. The van der Waals surface area contributed by atoms with E-state index >= 15 is 0 Å². The van der Waals surface area contributed by atoms with E-state index in [1.807, 2.05) is 26.0 Å². The van der Waals surface area contributed by atoms with Crippen LogP contribution in [0.15, 0.2) is 18.2 Å². The van der Waals surface area contributed by atoms with Crippen LogP contribution in [0.5, 0.6) is 0 Å². The van der Waals surface area contributed by atoms with E-state index in [0.717, 1.165) is 36.8 Å². The number of carbonyl (C=O) groups is 2. The Kier molecular flexibility index (Phi) is 5.16. The third-order valence-electron chi connectivity index (χ3n) is 4.39. The summed E-state index contributed by atoms with van der Waals surface area (Å²) < 4.78 is 5.39. The van der Waals surface area contributed by atoms with Crippen molar-refractivity contribution >= 4 is 11.8 Å². The number of ether oxygens (including phenoxy) is 1. The number of aryl methyl sites for hydroxylation is 2. The molecule has 0 aliphatic heterocycles. The van der Waals surface area contributed by atoms with Crippen molar-refractivity contribution in [1.82, 2.24) is 0 Å². The van der Waals surface area contributed by atoms with E-state index in [9.17, 15) is 9.59 Å². The van der Waals surface area contributed by atoms with Gasteiger partial charge in [0.1, 0.15) is 0 Å². The smallest absolute Gasteiger partial charge is 0.309 e. The van der Waals surface area contributed by atoms with Crippen molar-refractivity contribution in [1.29, 1.82) is 0 Å². The molecule has 0 heterocycles. The van der Waals surface area contributed by atoms with Crippen LogP contribution in [-0.2, 0) is 9.53 Å². The number of hydrogen-bond acceptors (Lipinski definition) is 3. The number of hydrogen-bond donors (Lipinski definition) is 0. The first-order valence-corrected chi connectivity index (χ1v) is 7.81. The molecule has 0 spiro atoms. The zero-order chi connectivity index (χ0) is 15.4. The van der Waals surface area contributed by atoms with Crippen molar-refractivity contribution in [3.05, 3.63) is 34.9 Å². The van der Waals surface area contributed by atoms with Crippen LogP contribution in [-0.4, -0.2) is 17.9 Å². The molecule has 0 aromatic heterocycles. The zero-order valence-electron chi connectivity index (χ0n) is 13.1. The van der Waals surface area contributed by atoms with Gasteiger partial charge < -0.3 is 4.74 Å². The van der Waals surface area contributed by atoms with Crippen molar-refractivity contribution in [2.24, 2.45) is 5.92 Å². The van der Waals surface area contributed by atoms with E-state index in [2.05, 4.69) is 0 Å². The van der Waals surface area contributed by atoms with Gasteiger partial charge in [0, 0.05) is 5.56 Å². The third kappa shape index (κ3) is 3.93. The maximum Gasteiger partial charge on any atom is 0.309 e. The van der Waals surface area contributed by atoms with Crippen LogP contribution < -0.4 is 0 Å². The lowest BCUT2D eigenvalue weighted by Crippen LogP contribution is -2.29. The van der Waals surface area contributed by atoms with Crippen molar-refractivity contribution in [3.63, 3.8) is 0 Å². The summed E-state index contributed by atoms with van der Waals surface area (Å²) in [4.78, 5) is 24.4. The van der Waals surface area contributed by atoms with Gasteiger partial charge in [0.15, 0.2) is 6.10 Å². The van der Waals surface area contributed by atoms with Crippen LogP contribution in [0.2, 0.25) is 0 Å². The van der Waals surface area contributed by atoms with Crippen LogP contribution in [0.1, 0.15) is 60.5 Å². The molecule has 3 heteroatoms. The van der Waals surface area contributed by atoms with Crippen molar-refractivity contribution < 1.29 is 14.3 Å². The Hall–Kier alpha value is -1.64. The highest BCUT2D eigenvalue weighted by Gasteiger charge is 2.26. The van der Waals surface area contributed by atoms with Crippen molar-refractivity contribution in [2.75, 3.05) is 0 Å². The zero-order valence-corrected chi connectivity index (χ0v) is 13.1. The summed E-state index contributed by atoms with van der Waals surface area (Å²) in [6.45, 7) is 5.65. The Balaban J connectivity index is 1.98. The largest absolute Gasteiger partial charge is 0.454 e. The minimum atomic E-state index is -0.707. The van der Waals surface area contributed by atoms with E-state index in [4.69, 9.17) is 4.74 Å².